The molecule has 132 valence electrons. The van der Waals surface area contributed by atoms with Gasteiger partial charge in [0.25, 0.3) is 5.91 Å². The molecule has 5 heteroatoms. The molecule has 1 heterocycles. The van der Waals surface area contributed by atoms with Gasteiger partial charge in [-0.25, -0.2) is 4.39 Å². The smallest absolute Gasteiger partial charge is 0.254 e. The van der Waals surface area contributed by atoms with Crippen molar-refractivity contribution >= 4 is 5.91 Å². The van der Waals surface area contributed by atoms with Crippen molar-refractivity contribution in [1.82, 2.24) is 10.6 Å². The maximum atomic E-state index is 14.5. The first-order chi connectivity index (χ1) is 12.1. The zero-order chi connectivity index (χ0) is 17.8. The molecule has 2 aromatic carbocycles. The number of hydrogen-bond donors (Lipinski definition) is 2. The van der Waals surface area contributed by atoms with Crippen molar-refractivity contribution in [1.29, 1.82) is 0 Å². The maximum Gasteiger partial charge on any atom is 0.254 e. The van der Waals surface area contributed by atoms with Crippen molar-refractivity contribution in [2.75, 3.05) is 20.2 Å². The van der Waals surface area contributed by atoms with Crippen LogP contribution in [-0.4, -0.2) is 32.1 Å². The van der Waals surface area contributed by atoms with Crippen molar-refractivity contribution in [3.8, 4) is 16.9 Å². The lowest BCUT2D eigenvalue weighted by Gasteiger charge is -2.30. The summed E-state index contributed by atoms with van der Waals surface area (Å²) in [4.78, 5) is 12.4. The van der Waals surface area contributed by atoms with Crippen molar-refractivity contribution in [2.24, 2.45) is 5.92 Å². The first-order valence-corrected chi connectivity index (χ1v) is 8.54. The molecule has 4 nitrogen and oxygen atoms in total. The average molecular weight is 342 g/mol. The zero-order valence-electron chi connectivity index (χ0n) is 14.5. The van der Waals surface area contributed by atoms with Gasteiger partial charge in [0.05, 0.1) is 12.7 Å². The van der Waals surface area contributed by atoms with Crippen molar-refractivity contribution in [3.63, 3.8) is 0 Å². The van der Waals surface area contributed by atoms with Crippen LogP contribution in [0.15, 0.2) is 42.5 Å². The summed E-state index contributed by atoms with van der Waals surface area (Å²) in [6.45, 7) is 3.78. The second-order valence-electron chi connectivity index (χ2n) is 6.47. The molecule has 1 amide bonds. The third kappa shape index (κ3) is 3.99. The first-order valence-electron chi connectivity index (χ1n) is 8.54. The first kappa shape index (κ1) is 17.4. The van der Waals surface area contributed by atoms with Gasteiger partial charge in [-0.15, -0.1) is 0 Å². The summed E-state index contributed by atoms with van der Waals surface area (Å²) < 4.78 is 19.6. The van der Waals surface area contributed by atoms with Gasteiger partial charge in [0.2, 0.25) is 0 Å². The number of rotatable bonds is 4. The van der Waals surface area contributed by atoms with Gasteiger partial charge < -0.3 is 15.4 Å². The van der Waals surface area contributed by atoms with E-state index in [2.05, 4.69) is 17.6 Å². The third-order valence-corrected chi connectivity index (χ3v) is 4.78. The van der Waals surface area contributed by atoms with Gasteiger partial charge >= 0.3 is 0 Å². The number of methoxy groups -OCH3 is 1. The van der Waals surface area contributed by atoms with Crippen LogP contribution in [0.2, 0.25) is 0 Å². The lowest BCUT2D eigenvalue weighted by molar-refractivity contribution is 0.0911. The second-order valence-corrected chi connectivity index (χ2v) is 6.47. The molecule has 1 saturated heterocycles. The number of amides is 1. The number of nitrogens with one attached hydrogen (secondary N) is 2. The van der Waals surface area contributed by atoms with Crippen LogP contribution in [0.4, 0.5) is 4.39 Å². The van der Waals surface area contributed by atoms with Crippen LogP contribution in [-0.2, 0) is 0 Å². The van der Waals surface area contributed by atoms with E-state index in [1.807, 2.05) is 24.3 Å². The van der Waals surface area contributed by atoms with Crippen LogP contribution in [0.25, 0.3) is 11.1 Å². The molecule has 1 fully saturated rings. The van der Waals surface area contributed by atoms with Gasteiger partial charge in [0.1, 0.15) is 11.6 Å². The highest BCUT2D eigenvalue weighted by Crippen LogP contribution is 2.24. The monoisotopic (exact) mass is 342 g/mol. The maximum absolute atomic E-state index is 14.5. The molecule has 2 aromatic rings. The molecule has 0 aliphatic carbocycles. The fourth-order valence-corrected chi connectivity index (χ4v) is 3.09. The predicted molar refractivity (Wildman–Crippen MR) is 96.3 cm³/mol. The van der Waals surface area contributed by atoms with Crippen LogP contribution in [0.1, 0.15) is 23.7 Å². The summed E-state index contributed by atoms with van der Waals surface area (Å²) >= 11 is 0. The lowest BCUT2D eigenvalue weighted by atomic mass is 9.94. The van der Waals surface area contributed by atoms with Crippen LogP contribution >= 0.6 is 0 Å². The number of carbonyl (C=O) groups excluding carboxylic acids is 1. The summed E-state index contributed by atoms with van der Waals surface area (Å²) in [5.41, 5.74) is 1.68. The largest absolute Gasteiger partial charge is 0.497 e. The topological polar surface area (TPSA) is 50.4 Å². The molecule has 0 aromatic heterocycles. The average Bonchev–Trinajstić information content (AvgIpc) is 2.63. The molecule has 25 heavy (non-hydrogen) atoms. The number of halogens is 1. The minimum atomic E-state index is -0.512. The Morgan fingerprint density at radius 3 is 2.56 bits per heavy atom. The van der Waals surface area contributed by atoms with Crippen molar-refractivity contribution in [3.05, 3.63) is 53.8 Å². The van der Waals surface area contributed by atoms with E-state index in [4.69, 9.17) is 4.74 Å². The fraction of sp³-hybridized carbons (Fsp3) is 0.350. The van der Waals surface area contributed by atoms with Crippen LogP contribution in [0, 0.1) is 11.7 Å². The molecule has 2 atom stereocenters. The highest BCUT2D eigenvalue weighted by Gasteiger charge is 2.24. The number of piperidine rings is 1. The lowest BCUT2D eigenvalue weighted by Crippen LogP contribution is -2.50. The molecule has 1 aliphatic rings. The zero-order valence-corrected chi connectivity index (χ0v) is 14.5. The van der Waals surface area contributed by atoms with Gasteiger partial charge in [0.15, 0.2) is 0 Å². The molecule has 2 unspecified atom stereocenters. The Balaban J connectivity index is 1.75. The number of carbonyl (C=O) groups is 1. The molecule has 1 aliphatic heterocycles. The van der Waals surface area contributed by atoms with E-state index >= 15 is 0 Å². The summed E-state index contributed by atoms with van der Waals surface area (Å²) in [6, 6.07) is 12.1. The van der Waals surface area contributed by atoms with E-state index in [9.17, 15) is 9.18 Å². The van der Waals surface area contributed by atoms with Crippen LogP contribution < -0.4 is 15.4 Å². The Morgan fingerprint density at radius 1 is 1.20 bits per heavy atom. The Bertz CT molecular complexity index is 746. The molecule has 0 bridgehead atoms. The minimum absolute atomic E-state index is 0.0296. The third-order valence-electron chi connectivity index (χ3n) is 4.78. The molecular formula is C20H23FN2O2. The van der Waals surface area contributed by atoms with E-state index in [0.717, 1.165) is 36.4 Å². The minimum Gasteiger partial charge on any atom is -0.497 e. The van der Waals surface area contributed by atoms with Gasteiger partial charge in [-0.2, -0.15) is 0 Å². The summed E-state index contributed by atoms with van der Waals surface area (Å²) in [5, 5.41) is 6.20. The molecule has 3 rings (SSSR count). The van der Waals surface area contributed by atoms with Crippen molar-refractivity contribution < 1.29 is 13.9 Å². The Hall–Kier alpha value is -2.40. The van der Waals surface area contributed by atoms with E-state index in [1.165, 1.54) is 6.07 Å². The standard InChI is InChI=1S/C20H23FN2O2/c1-13-9-10-22-12-19(13)23-20(24)17-8-5-15(11-18(17)21)14-3-6-16(25-2)7-4-14/h3-8,11,13,19,22H,9-10,12H2,1-2H3,(H,23,24). The molecular weight excluding hydrogens is 319 g/mol. The normalized spacial score (nSPS) is 20.1. The Labute approximate surface area is 147 Å². The van der Waals surface area contributed by atoms with Crippen molar-refractivity contribution in [2.45, 2.75) is 19.4 Å². The highest BCUT2D eigenvalue weighted by molar-refractivity contribution is 5.95. The number of hydrogen-bond acceptors (Lipinski definition) is 3. The highest BCUT2D eigenvalue weighted by atomic mass is 19.1. The van der Waals surface area contributed by atoms with Gasteiger partial charge in [0, 0.05) is 12.6 Å². The number of benzene rings is 2. The van der Waals surface area contributed by atoms with Gasteiger partial charge in [-0.3, -0.25) is 4.79 Å². The summed E-state index contributed by atoms with van der Waals surface area (Å²) in [5.74, 6) is 0.254. The quantitative estimate of drug-likeness (QED) is 0.897. The van der Waals surface area contributed by atoms with Crippen LogP contribution in [0.5, 0.6) is 5.75 Å². The van der Waals surface area contributed by atoms with E-state index in [-0.39, 0.29) is 17.5 Å². The van der Waals surface area contributed by atoms with Gasteiger partial charge in [-0.05, 0) is 54.3 Å². The summed E-state index contributed by atoms with van der Waals surface area (Å²) in [6.07, 6.45) is 1.00. The Morgan fingerprint density at radius 2 is 1.92 bits per heavy atom. The molecule has 2 N–H and O–H groups in total. The Kier molecular flexibility index (Phi) is 5.34. The fourth-order valence-electron chi connectivity index (χ4n) is 3.09. The van der Waals surface area contributed by atoms with Crippen LogP contribution in [0.3, 0.4) is 0 Å². The molecule has 0 radical (unpaired) electrons. The molecule has 0 saturated carbocycles. The second kappa shape index (κ2) is 7.66. The van der Waals surface area contributed by atoms with Gasteiger partial charge in [-0.1, -0.05) is 25.1 Å². The van der Waals surface area contributed by atoms with E-state index in [0.29, 0.717) is 5.92 Å². The molecule has 0 spiro atoms. The number of ether oxygens (including phenoxy) is 1. The predicted octanol–water partition coefficient (Wildman–Crippen LogP) is 3.23. The summed E-state index contributed by atoms with van der Waals surface area (Å²) in [7, 11) is 1.60. The van der Waals surface area contributed by atoms with E-state index < -0.39 is 5.82 Å². The SMILES string of the molecule is COc1ccc(-c2ccc(C(=O)NC3CNCCC3C)c(F)c2)cc1. The van der Waals surface area contributed by atoms with E-state index in [1.54, 1.807) is 19.2 Å².